The van der Waals surface area contributed by atoms with Crippen LogP contribution in [-0.4, -0.2) is 41.5 Å². The third-order valence-electron chi connectivity index (χ3n) is 2.98. The summed E-state index contributed by atoms with van der Waals surface area (Å²) in [6, 6.07) is 8.22. The lowest BCUT2D eigenvalue weighted by Gasteiger charge is -2.30. The summed E-state index contributed by atoms with van der Waals surface area (Å²) in [5.41, 5.74) is 1.25. The Bertz CT molecular complexity index is 402. The fraction of sp³-hybridized carbons (Fsp3) is 0.538. The van der Waals surface area contributed by atoms with E-state index < -0.39 is 10.8 Å². The lowest BCUT2D eigenvalue weighted by atomic mass is 10.1. The monoisotopic (exact) mass is 287 g/mol. The molecule has 3 unspecified atom stereocenters. The van der Waals surface area contributed by atoms with Gasteiger partial charge in [-0.3, -0.25) is 4.21 Å². The van der Waals surface area contributed by atoms with Crippen LogP contribution in [0, 0.1) is 0 Å². The third-order valence-corrected chi connectivity index (χ3v) is 4.08. The van der Waals surface area contributed by atoms with E-state index in [-0.39, 0.29) is 6.10 Å². The second kappa shape index (κ2) is 6.66. The van der Waals surface area contributed by atoms with Crippen LogP contribution in [-0.2, 0) is 22.0 Å². The van der Waals surface area contributed by atoms with Gasteiger partial charge >= 0.3 is 0 Å². The molecule has 0 spiro atoms. The van der Waals surface area contributed by atoms with E-state index in [2.05, 4.69) is 5.32 Å². The van der Waals surface area contributed by atoms with E-state index in [9.17, 15) is 4.21 Å². The van der Waals surface area contributed by atoms with E-state index >= 15 is 0 Å². The molecule has 1 aliphatic heterocycles. The zero-order chi connectivity index (χ0) is 13.0. The van der Waals surface area contributed by atoms with E-state index in [1.54, 1.807) is 6.26 Å². The SMILES string of the molecule is CS(=O)CC1CNC(Cc2ccc(Cl)cc2)CO1. The largest absolute Gasteiger partial charge is 0.374 e. The minimum atomic E-state index is -0.795. The first-order chi connectivity index (χ1) is 8.63. The number of hydrogen-bond donors (Lipinski definition) is 1. The molecule has 1 heterocycles. The molecule has 2 rings (SSSR count). The average Bonchev–Trinajstić information content (AvgIpc) is 2.34. The lowest BCUT2D eigenvalue weighted by Crippen LogP contribution is -2.49. The maximum absolute atomic E-state index is 11.1. The Morgan fingerprint density at radius 2 is 2.17 bits per heavy atom. The summed E-state index contributed by atoms with van der Waals surface area (Å²) < 4.78 is 16.8. The summed E-state index contributed by atoms with van der Waals surface area (Å²) in [7, 11) is -0.795. The number of nitrogens with one attached hydrogen (secondary N) is 1. The Kier molecular flexibility index (Phi) is 5.18. The molecule has 1 aromatic rings. The molecule has 100 valence electrons. The second-order valence-electron chi connectivity index (χ2n) is 4.63. The Hall–Kier alpha value is -0.420. The topological polar surface area (TPSA) is 38.3 Å². The quantitative estimate of drug-likeness (QED) is 0.914. The van der Waals surface area contributed by atoms with Crippen LogP contribution in [0.1, 0.15) is 5.56 Å². The van der Waals surface area contributed by atoms with Crippen LogP contribution in [0.4, 0.5) is 0 Å². The molecule has 0 radical (unpaired) electrons. The molecule has 3 nitrogen and oxygen atoms in total. The van der Waals surface area contributed by atoms with Crippen LogP contribution in [0.25, 0.3) is 0 Å². The number of hydrogen-bond acceptors (Lipinski definition) is 3. The predicted octanol–water partition coefficient (Wildman–Crippen LogP) is 1.62. The molecule has 5 heteroatoms. The van der Waals surface area contributed by atoms with Crippen molar-refractivity contribution in [3.05, 3.63) is 34.9 Å². The van der Waals surface area contributed by atoms with Gasteiger partial charge in [0, 0.05) is 34.7 Å². The van der Waals surface area contributed by atoms with E-state index in [0.29, 0.717) is 18.4 Å². The van der Waals surface area contributed by atoms with Crippen molar-refractivity contribution in [3.63, 3.8) is 0 Å². The van der Waals surface area contributed by atoms with Crippen LogP contribution >= 0.6 is 11.6 Å². The number of halogens is 1. The molecule has 1 aliphatic rings. The number of benzene rings is 1. The van der Waals surface area contributed by atoms with Gasteiger partial charge in [-0.25, -0.2) is 0 Å². The zero-order valence-corrected chi connectivity index (χ0v) is 12.0. The van der Waals surface area contributed by atoms with Gasteiger partial charge in [0.2, 0.25) is 0 Å². The van der Waals surface area contributed by atoms with Gasteiger partial charge in [-0.2, -0.15) is 0 Å². The molecule has 0 saturated carbocycles. The van der Waals surface area contributed by atoms with Gasteiger partial charge in [0.15, 0.2) is 0 Å². The van der Waals surface area contributed by atoms with E-state index in [0.717, 1.165) is 18.0 Å². The zero-order valence-electron chi connectivity index (χ0n) is 10.4. The number of morpholine rings is 1. The Morgan fingerprint density at radius 1 is 1.44 bits per heavy atom. The van der Waals surface area contributed by atoms with Crippen LogP contribution in [0.5, 0.6) is 0 Å². The molecular weight excluding hydrogens is 270 g/mol. The van der Waals surface area contributed by atoms with Crippen molar-refractivity contribution < 1.29 is 8.95 Å². The van der Waals surface area contributed by atoms with E-state index in [1.807, 2.05) is 24.3 Å². The highest BCUT2D eigenvalue weighted by Crippen LogP contribution is 2.13. The first-order valence-electron chi connectivity index (χ1n) is 6.03. The van der Waals surface area contributed by atoms with Crippen molar-refractivity contribution in [2.24, 2.45) is 0 Å². The molecule has 0 bridgehead atoms. The number of rotatable bonds is 4. The summed E-state index contributed by atoms with van der Waals surface area (Å²) >= 11 is 5.85. The van der Waals surface area contributed by atoms with Crippen molar-refractivity contribution in [1.29, 1.82) is 0 Å². The van der Waals surface area contributed by atoms with Gasteiger partial charge in [0.05, 0.1) is 18.5 Å². The summed E-state index contributed by atoms with van der Waals surface area (Å²) in [5, 5.41) is 4.21. The standard InChI is InChI=1S/C13H18ClNO2S/c1-18(16)9-13-7-15-12(8-17-13)6-10-2-4-11(14)5-3-10/h2-5,12-13,15H,6-9H2,1H3. The first-order valence-corrected chi connectivity index (χ1v) is 8.13. The van der Waals surface area contributed by atoms with Gasteiger partial charge in [-0.05, 0) is 24.1 Å². The molecule has 3 atom stereocenters. The van der Waals surface area contributed by atoms with Gasteiger partial charge in [-0.1, -0.05) is 23.7 Å². The average molecular weight is 288 g/mol. The van der Waals surface area contributed by atoms with E-state index in [4.69, 9.17) is 16.3 Å². The Labute approximate surface area is 115 Å². The van der Waals surface area contributed by atoms with E-state index in [1.165, 1.54) is 5.56 Å². The van der Waals surface area contributed by atoms with Crippen LogP contribution in [0.15, 0.2) is 24.3 Å². The minimum Gasteiger partial charge on any atom is -0.374 e. The molecular formula is C13H18ClNO2S. The molecule has 1 aromatic carbocycles. The lowest BCUT2D eigenvalue weighted by molar-refractivity contribution is 0.0179. The molecule has 1 fully saturated rings. The smallest absolute Gasteiger partial charge is 0.0815 e. The van der Waals surface area contributed by atoms with Crippen LogP contribution in [0.3, 0.4) is 0 Å². The first kappa shape index (κ1) is 14.0. The highest BCUT2D eigenvalue weighted by atomic mass is 35.5. The fourth-order valence-electron chi connectivity index (χ4n) is 2.07. The normalized spacial score (nSPS) is 25.9. The minimum absolute atomic E-state index is 0.0808. The van der Waals surface area contributed by atoms with Crippen molar-refractivity contribution in [1.82, 2.24) is 5.32 Å². The van der Waals surface area contributed by atoms with Crippen LogP contribution in [0.2, 0.25) is 5.02 Å². The third kappa shape index (κ3) is 4.35. The predicted molar refractivity (Wildman–Crippen MR) is 75.6 cm³/mol. The summed E-state index contributed by atoms with van der Waals surface area (Å²) in [6.07, 6.45) is 2.72. The van der Waals surface area contributed by atoms with Crippen molar-refractivity contribution in [3.8, 4) is 0 Å². The van der Waals surface area contributed by atoms with Crippen molar-refractivity contribution in [2.75, 3.05) is 25.2 Å². The molecule has 1 saturated heterocycles. The molecule has 0 amide bonds. The Morgan fingerprint density at radius 3 is 2.72 bits per heavy atom. The fourth-order valence-corrected chi connectivity index (χ4v) is 2.94. The molecule has 18 heavy (non-hydrogen) atoms. The molecule has 0 aromatic heterocycles. The Balaban J connectivity index is 1.79. The van der Waals surface area contributed by atoms with Crippen molar-refractivity contribution >= 4 is 22.4 Å². The summed E-state index contributed by atoms with van der Waals surface area (Å²) in [4.78, 5) is 0. The second-order valence-corrected chi connectivity index (χ2v) is 6.55. The highest BCUT2D eigenvalue weighted by Gasteiger charge is 2.21. The maximum atomic E-state index is 11.1. The summed E-state index contributed by atoms with van der Waals surface area (Å²) in [5.74, 6) is 0.612. The maximum Gasteiger partial charge on any atom is 0.0815 e. The summed E-state index contributed by atoms with van der Waals surface area (Å²) in [6.45, 7) is 1.45. The van der Waals surface area contributed by atoms with Gasteiger partial charge < -0.3 is 10.1 Å². The number of ether oxygens (including phenoxy) is 1. The molecule has 1 N–H and O–H groups in total. The van der Waals surface area contributed by atoms with Gasteiger partial charge in [0.25, 0.3) is 0 Å². The van der Waals surface area contributed by atoms with Gasteiger partial charge in [-0.15, -0.1) is 0 Å². The highest BCUT2D eigenvalue weighted by molar-refractivity contribution is 7.84. The van der Waals surface area contributed by atoms with Crippen LogP contribution < -0.4 is 5.32 Å². The molecule has 0 aliphatic carbocycles. The van der Waals surface area contributed by atoms with Crippen molar-refractivity contribution in [2.45, 2.75) is 18.6 Å². The van der Waals surface area contributed by atoms with Gasteiger partial charge in [0.1, 0.15) is 0 Å².